The SMILES string of the molecule is CNCC(=O)N1CCc2cc(OC)c(OC)cc2C1c1cccs1.Cl. The predicted molar refractivity (Wildman–Crippen MR) is 102 cm³/mol. The number of fused-ring (bicyclic) bond motifs is 1. The number of hydrogen-bond acceptors (Lipinski definition) is 5. The number of nitrogens with zero attached hydrogens (tertiary/aromatic N) is 1. The molecule has 136 valence electrons. The number of methoxy groups -OCH3 is 2. The van der Waals surface area contributed by atoms with Crippen molar-refractivity contribution in [2.45, 2.75) is 12.5 Å². The number of nitrogens with one attached hydrogen (secondary N) is 1. The first-order valence-corrected chi connectivity index (χ1v) is 8.79. The molecule has 25 heavy (non-hydrogen) atoms. The van der Waals surface area contributed by atoms with Gasteiger partial charge in [-0.3, -0.25) is 4.79 Å². The van der Waals surface area contributed by atoms with E-state index in [2.05, 4.69) is 11.4 Å². The Morgan fingerprint density at radius 2 is 2.04 bits per heavy atom. The van der Waals surface area contributed by atoms with Crippen LogP contribution in [0.15, 0.2) is 29.6 Å². The van der Waals surface area contributed by atoms with Gasteiger partial charge in [-0.15, -0.1) is 23.7 Å². The van der Waals surface area contributed by atoms with Crippen LogP contribution in [-0.4, -0.2) is 45.2 Å². The lowest BCUT2D eigenvalue weighted by atomic mass is 9.90. The van der Waals surface area contributed by atoms with Gasteiger partial charge in [0.05, 0.1) is 26.8 Å². The number of likely N-dealkylation sites (N-methyl/N-ethyl adjacent to an activating group) is 1. The minimum atomic E-state index is -0.0746. The first-order valence-electron chi connectivity index (χ1n) is 7.91. The van der Waals surface area contributed by atoms with E-state index in [1.165, 1.54) is 5.56 Å². The molecular weight excluding hydrogens is 360 g/mol. The smallest absolute Gasteiger partial charge is 0.237 e. The molecule has 7 heteroatoms. The highest BCUT2D eigenvalue weighted by Crippen LogP contribution is 2.42. The second-order valence-corrected chi connectivity index (χ2v) is 6.67. The standard InChI is InChI=1S/C18H22N2O3S.ClH/c1-19-11-17(21)20-7-6-12-9-14(22-2)15(23-3)10-13(12)18(20)16-5-4-8-24-16;/h4-5,8-10,18-19H,6-7,11H2,1-3H3;1H. The predicted octanol–water partition coefficient (Wildman–Crippen LogP) is 2.88. The quantitative estimate of drug-likeness (QED) is 0.863. The maximum atomic E-state index is 12.6. The van der Waals surface area contributed by atoms with E-state index in [1.807, 2.05) is 28.5 Å². The Hall–Kier alpha value is -1.76. The Balaban J connectivity index is 0.00000225. The number of benzene rings is 1. The van der Waals surface area contributed by atoms with Gasteiger partial charge in [-0.2, -0.15) is 0 Å². The Morgan fingerprint density at radius 1 is 1.32 bits per heavy atom. The molecule has 0 saturated carbocycles. The molecule has 0 radical (unpaired) electrons. The summed E-state index contributed by atoms with van der Waals surface area (Å²) in [4.78, 5) is 15.7. The van der Waals surface area contributed by atoms with E-state index >= 15 is 0 Å². The zero-order valence-electron chi connectivity index (χ0n) is 14.6. The van der Waals surface area contributed by atoms with Crippen molar-refractivity contribution in [1.82, 2.24) is 10.2 Å². The van der Waals surface area contributed by atoms with Gasteiger partial charge in [-0.05, 0) is 48.2 Å². The van der Waals surface area contributed by atoms with Gasteiger partial charge in [0.2, 0.25) is 5.91 Å². The number of carbonyl (C=O) groups excluding carboxylic acids is 1. The molecule has 1 N–H and O–H groups in total. The van der Waals surface area contributed by atoms with Crippen LogP contribution >= 0.6 is 23.7 Å². The molecule has 1 aromatic carbocycles. The largest absolute Gasteiger partial charge is 0.493 e. The van der Waals surface area contributed by atoms with Gasteiger partial charge < -0.3 is 19.7 Å². The second-order valence-electron chi connectivity index (χ2n) is 5.69. The normalized spacial score (nSPS) is 16.0. The van der Waals surface area contributed by atoms with Crippen LogP contribution in [0.3, 0.4) is 0 Å². The molecule has 1 aliphatic rings. The highest BCUT2D eigenvalue weighted by molar-refractivity contribution is 7.10. The number of amides is 1. The van der Waals surface area contributed by atoms with Gasteiger partial charge in [0.15, 0.2) is 11.5 Å². The third kappa shape index (κ3) is 3.76. The number of thiophene rings is 1. The molecule has 0 saturated heterocycles. The fourth-order valence-electron chi connectivity index (χ4n) is 3.22. The van der Waals surface area contributed by atoms with Crippen LogP contribution in [0.5, 0.6) is 11.5 Å². The molecule has 1 atom stereocenters. The van der Waals surface area contributed by atoms with Crippen molar-refractivity contribution in [1.29, 1.82) is 0 Å². The molecule has 2 heterocycles. The molecule has 1 aromatic heterocycles. The average molecular weight is 383 g/mol. The lowest BCUT2D eigenvalue weighted by Crippen LogP contribution is -2.43. The average Bonchev–Trinajstić information content (AvgIpc) is 3.13. The summed E-state index contributed by atoms with van der Waals surface area (Å²) in [6.45, 7) is 1.04. The van der Waals surface area contributed by atoms with Crippen LogP contribution in [0, 0.1) is 0 Å². The van der Waals surface area contributed by atoms with E-state index in [0.717, 1.165) is 22.6 Å². The summed E-state index contributed by atoms with van der Waals surface area (Å²) in [5.41, 5.74) is 2.32. The summed E-state index contributed by atoms with van der Waals surface area (Å²) in [5, 5.41) is 5.01. The Morgan fingerprint density at radius 3 is 2.64 bits per heavy atom. The van der Waals surface area contributed by atoms with Gasteiger partial charge in [0, 0.05) is 11.4 Å². The summed E-state index contributed by atoms with van der Waals surface area (Å²) in [6, 6.07) is 8.08. The van der Waals surface area contributed by atoms with Crippen LogP contribution in [0.2, 0.25) is 0 Å². The summed E-state index contributed by atoms with van der Waals surface area (Å²) >= 11 is 1.67. The van der Waals surface area contributed by atoms with E-state index in [4.69, 9.17) is 9.47 Å². The molecular formula is C18H23ClN2O3S. The van der Waals surface area contributed by atoms with Gasteiger partial charge >= 0.3 is 0 Å². The van der Waals surface area contributed by atoms with E-state index in [0.29, 0.717) is 18.8 Å². The molecule has 1 amide bonds. The van der Waals surface area contributed by atoms with Crippen molar-refractivity contribution < 1.29 is 14.3 Å². The van der Waals surface area contributed by atoms with Crippen molar-refractivity contribution >= 4 is 29.7 Å². The Labute approximate surface area is 158 Å². The third-order valence-corrected chi connectivity index (χ3v) is 5.26. The molecule has 1 unspecified atom stereocenters. The van der Waals surface area contributed by atoms with Crippen LogP contribution in [0.25, 0.3) is 0 Å². The lowest BCUT2D eigenvalue weighted by Gasteiger charge is -2.37. The minimum absolute atomic E-state index is 0. The summed E-state index contributed by atoms with van der Waals surface area (Å²) < 4.78 is 10.9. The molecule has 0 aliphatic carbocycles. The molecule has 0 spiro atoms. The third-order valence-electron chi connectivity index (χ3n) is 4.33. The first-order chi connectivity index (χ1) is 11.7. The minimum Gasteiger partial charge on any atom is -0.493 e. The van der Waals surface area contributed by atoms with Crippen molar-refractivity contribution in [3.63, 3.8) is 0 Å². The molecule has 5 nitrogen and oxygen atoms in total. The van der Waals surface area contributed by atoms with E-state index in [9.17, 15) is 4.79 Å². The van der Waals surface area contributed by atoms with Gasteiger partial charge in [-0.1, -0.05) is 6.07 Å². The fraction of sp³-hybridized carbons (Fsp3) is 0.389. The van der Waals surface area contributed by atoms with E-state index in [-0.39, 0.29) is 24.4 Å². The zero-order valence-corrected chi connectivity index (χ0v) is 16.2. The Bertz CT molecular complexity index is 721. The van der Waals surface area contributed by atoms with Gasteiger partial charge in [-0.25, -0.2) is 0 Å². The second kappa shape index (κ2) is 8.56. The molecule has 0 bridgehead atoms. The monoisotopic (exact) mass is 382 g/mol. The number of rotatable bonds is 5. The number of ether oxygens (including phenoxy) is 2. The van der Waals surface area contributed by atoms with Crippen LogP contribution < -0.4 is 14.8 Å². The maximum Gasteiger partial charge on any atom is 0.237 e. The van der Waals surface area contributed by atoms with Crippen LogP contribution in [0.1, 0.15) is 22.0 Å². The number of hydrogen-bond donors (Lipinski definition) is 1. The molecule has 0 fully saturated rings. The maximum absolute atomic E-state index is 12.6. The summed E-state index contributed by atoms with van der Waals surface area (Å²) in [7, 11) is 5.08. The van der Waals surface area contributed by atoms with Crippen LogP contribution in [-0.2, 0) is 11.2 Å². The summed E-state index contributed by atoms with van der Waals surface area (Å²) in [5.74, 6) is 1.54. The van der Waals surface area contributed by atoms with E-state index in [1.54, 1.807) is 32.6 Å². The topological polar surface area (TPSA) is 50.8 Å². The number of halogens is 1. The lowest BCUT2D eigenvalue weighted by molar-refractivity contribution is -0.132. The van der Waals surface area contributed by atoms with E-state index < -0.39 is 0 Å². The molecule has 1 aliphatic heterocycles. The van der Waals surface area contributed by atoms with Crippen molar-refractivity contribution in [3.8, 4) is 11.5 Å². The highest BCUT2D eigenvalue weighted by atomic mass is 35.5. The van der Waals surface area contributed by atoms with Crippen molar-refractivity contribution in [3.05, 3.63) is 45.6 Å². The molecule has 3 rings (SSSR count). The first kappa shape index (κ1) is 19.6. The zero-order chi connectivity index (χ0) is 17.1. The highest BCUT2D eigenvalue weighted by Gasteiger charge is 2.33. The van der Waals surface area contributed by atoms with Gasteiger partial charge in [0.1, 0.15) is 0 Å². The van der Waals surface area contributed by atoms with Gasteiger partial charge in [0.25, 0.3) is 0 Å². The van der Waals surface area contributed by atoms with Crippen molar-refractivity contribution in [2.24, 2.45) is 0 Å². The Kier molecular flexibility index (Phi) is 6.70. The van der Waals surface area contributed by atoms with Crippen LogP contribution in [0.4, 0.5) is 0 Å². The molecule has 2 aromatic rings. The number of carbonyl (C=O) groups is 1. The van der Waals surface area contributed by atoms with Crippen molar-refractivity contribution in [2.75, 3.05) is 34.4 Å². The summed E-state index contributed by atoms with van der Waals surface area (Å²) in [6.07, 6.45) is 0.813. The fourth-order valence-corrected chi connectivity index (χ4v) is 4.08.